The molecule has 0 saturated heterocycles. The van der Waals surface area contributed by atoms with E-state index < -0.39 is 0 Å². The summed E-state index contributed by atoms with van der Waals surface area (Å²) in [5, 5.41) is 4.98. The molecule has 0 saturated carbocycles. The van der Waals surface area contributed by atoms with Gasteiger partial charge in [-0.15, -0.1) is 0 Å². The molecule has 1 atom stereocenters. The zero-order chi connectivity index (χ0) is 18.7. The van der Waals surface area contributed by atoms with Gasteiger partial charge in [0.2, 0.25) is 0 Å². The first kappa shape index (κ1) is 18.3. The van der Waals surface area contributed by atoms with Crippen molar-refractivity contribution in [3.8, 4) is 5.75 Å². The van der Waals surface area contributed by atoms with Gasteiger partial charge in [0.05, 0.1) is 24.2 Å². The Balaban J connectivity index is 2.17. The molecule has 3 aromatic rings. The summed E-state index contributed by atoms with van der Waals surface area (Å²) in [5.41, 5.74) is 1.35. The molecule has 0 fully saturated rings. The number of halogens is 1. The Morgan fingerprint density at radius 2 is 2.12 bits per heavy atom. The molecule has 0 radical (unpaired) electrons. The van der Waals surface area contributed by atoms with E-state index in [1.54, 1.807) is 19.4 Å². The molecule has 2 aromatic carbocycles. The summed E-state index contributed by atoms with van der Waals surface area (Å²) in [6.07, 6.45) is 2.52. The summed E-state index contributed by atoms with van der Waals surface area (Å²) in [6, 6.07) is 13.0. The number of benzene rings is 2. The van der Waals surface area contributed by atoms with Gasteiger partial charge in [0, 0.05) is 10.4 Å². The summed E-state index contributed by atoms with van der Waals surface area (Å²) in [5.74, 6) is 1.51. The largest absolute Gasteiger partial charge is 0.497 e. The van der Waals surface area contributed by atoms with Gasteiger partial charge in [0.1, 0.15) is 11.6 Å². The van der Waals surface area contributed by atoms with Crippen LogP contribution in [-0.4, -0.2) is 23.0 Å². The van der Waals surface area contributed by atoms with E-state index in [0.717, 1.165) is 22.2 Å². The SMILES string of the molecule is CC[C@H](C)c1nc2ccc(Br)cc2c(=O)n1N=Cc1cccc(OC)c1. The quantitative estimate of drug-likeness (QED) is 0.575. The van der Waals surface area contributed by atoms with Crippen LogP contribution in [0.25, 0.3) is 10.9 Å². The second-order valence-corrected chi connectivity index (χ2v) is 6.99. The molecule has 0 unspecified atom stereocenters. The molecule has 0 amide bonds. The summed E-state index contributed by atoms with van der Waals surface area (Å²) in [7, 11) is 1.62. The second-order valence-electron chi connectivity index (χ2n) is 6.08. The fourth-order valence-corrected chi connectivity index (χ4v) is 2.99. The van der Waals surface area contributed by atoms with Gasteiger partial charge in [-0.3, -0.25) is 4.79 Å². The van der Waals surface area contributed by atoms with Crippen molar-refractivity contribution in [1.29, 1.82) is 0 Å². The molecule has 0 aliphatic heterocycles. The zero-order valence-electron chi connectivity index (χ0n) is 14.9. The molecule has 3 rings (SSSR count). The maximum Gasteiger partial charge on any atom is 0.282 e. The third kappa shape index (κ3) is 3.70. The fraction of sp³-hybridized carbons (Fsp3) is 0.250. The Hall–Kier alpha value is -2.47. The van der Waals surface area contributed by atoms with E-state index >= 15 is 0 Å². The molecular formula is C20H20BrN3O2. The predicted molar refractivity (Wildman–Crippen MR) is 108 cm³/mol. The van der Waals surface area contributed by atoms with Gasteiger partial charge in [0.15, 0.2) is 0 Å². The molecule has 134 valence electrons. The van der Waals surface area contributed by atoms with Gasteiger partial charge in [-0.05, 0) is 42.3 Å². The number of hydrogen-bond donors (Lipinski definition) is 0. The normalized spacial score (nSPS) is 12.6. The third-order valence-electron chi connectivity index (χ3n) is 4.30. The first-order valence-electron chi connectivity index (χ1n) is 8.44. The Morgan fingerprint density at radius 3 is 2.85 bits per heavy atom. The van der Waals surface area contributed by atoms with Gasteiger partial charge >= 0.3 is 0 Å². The fourth-order valence-electron chi connectivity index (χ4n) is 2.63. The molecule has 1 heterocycles. The lowest BCUT2D eigenvalue weighted by Gasteiger charge is -2.14. The number of ether oxygens (including phenoxy) is 1. The number of nitrogens with zero attached hydrogens (tertiary/aromatic N) is 3. The van der Waals surface area contributed by atoms with E-state index in [4.69, 9.17) is 9.72 Å². The minimum absolute atomic E-state index is 0.109. The van der Waals surface area contributed by atoms with Crippen molar-refractivity contribution in [1.82, 2.24) is 9.66 Å². The highest BCUT2D eigenvalue weighted by molar-refractivity contribution is 9.10. The Morgan fingerprint density at radius 1 is 1.31 bits per heavy atom. The van der Waals surface area contributed by atoms with Crippen LogP contribution in [0.2, 0.25) is 0 Å². The predicted octanol–water partition coefficient (Wildman–Crippen LogP) is 4.56. The average molecular weight is 414 g/mol. The number of aromatic nitrogens is 2. The molecule has 26 heavy (non-hydrogen) atoms. The van der Waals surface area contributed by atoms with E-state index in [-0.39, 0.29) is 11.5 Å². The van der Waals surface area contributed by atoms with Crippen LogP contribution in [0.5, 0.6) is 5.75 Å². The minimum atomic E-state index is -0.175. The molecular weight excluding hydrogens is 394 g/mol. The highest BCUT2D eigenvalue weighted by atomic mass is 79.9. The van der Waals surface area contributed by atoms with Gasteiger partial charge in [0.25, 0.3) is 5.56 Å². The lowest BCUT2D eigenvalue weighted by molar-refractivity contribution is 0.414. The summed E-state index contributed by atoms with van der Waals surface area (Å²) in [6.45, 7) is 4.11. The van der Waals surface area contributed by atoms with E-state index in [1.165, 1.54) is 4.68 Å². The van der Waals surface area contributed by atoms with Crippen LogP contribution in [0.15, 0.2) is 56.8 Å². The highest BCUT2D eigenvalue weighted by Gasteiger charge is 2.15. The van der Waals surface area contributed by atoms with E-state index in [0.29, 0.717) is 16.7 Å². The minimum Gasteiger partial charge on any atom is -0.497 e. The maximum absolute atomic E-state index is 13.0. The van der Waals surface area contributed by atoms with Crippen LogP contribution in [0.1, 0.15) is 37.6 Å². The van der Waals surface area contributed by atoms with Crippen molar-refractivity contribution in [3.05, 3.63) is 68.7 Å². The van der Waals surface area contributed by atoms with Crippen LogP contribution in [0.3, 0.4) is 0 Å². The molecule has 0 aliphatic carbocycles. The zero-order valence-corrected chi connectivity index (χ0v) is 16.5. The first-order chi connectivity index (χ1) is 12.5. The van der Waals surface area contributed by atoms with E-state index in [1.807, 2.05) is 43.3 Å². The Bertz CT molecular complexity index is 1030. The smallest absolute Gasteiger partial charge is 0.282 e. The van der Waals surface area contributed by atoms with Crippen LogP contribution < -0.4 is 10.3 Å². The van der Waals surface area contributed by atoms with Gasteiger partial charge in [-0.25, -0.2) is 4.98 Å². The maximum atomic E-state index is 13.0. The van der Waals surface area contributed by atoms with Crippen LogP contribution in [0, 0.1) is 0 Å². The number of hydrogen-bond acceptors (Lipinski definition) is 4. The van der Waals surface area contributed by atoms with Crippen molar-refractivity contribution in [3.63, 3.8) is 0 Å². The number of rotatable bonds is 5. The lowest BCUT2D eigenvalue weighted by atomic mass is 10.1. The molecule has 0 N–H and O–H groups in total. The topological polar surface area (TPSA) is 56.5 Å². The lowest BCUT2D eigenvalue weighted by Crippen LogP contribution is -2.23. The second kappa shape index (κ2) is 7.83. The van der Waals surface area contributed by atoms with Crippen LogP contribution >= 0.6 is 15.9 Å². The summed E-state index contributed by atoms with van der Waals surface area (Å²) < 4.78 is 7.47. The van der Waals surface area contributed by atoms with Gasteiger partial charge in [-0.1, -0.05) is 41.9 Å². The number of fused-ring (bicyclic) bond motifs is 1. The molecule has 0 bridgehead atoms. The van der Waals surface area contributed by atoms with E-state index in [9.17, 15) is 4.79 Å². The molecule has 5 nitrogen and oxygen atoms in total. The van der Waals surface area contributed by atoms with Crippen molar-refractivity contribution in [2.45, 2.75) is 26.2 Å². The van der Waals surface area contributed by atoms with Crippen LogP contribution in [0.4, 0.5) is 0 Å². The van der Waals surface area contributed by atoms with Crippen molar-refractivity contribution in [2.75, 3.05) is 7.11 Å². The average Bonchev–Trinajstić information content (AvgIpc) is 2.67. The standard InChI is InChI=1S/C20H20BrN3O2/c1-4-13(2)19-23-18-9-8-15(21)11-17(18)20(25)24(19)22-12-14-6-5-7-16(10-14)26-3/h5-13H,4H2,1-3H3/t13-/m0/s1. The monoisotopic (exact) mass is 413 g/mol. The Kier molecular flexibility index (Phi) is 5.52. The number of methoxy groups -OCH3 is 1. The third-order valence-corrected chi connectivity index (χ3v) is 4.80. The molecule has 0 spiro atoms. The van der Waals surface area contributed by atoms with E-state index in [2.05, 4.69) is 28.0 Å². The molecule has 0 aliphatic rings. The summed E-state index contributed by atoms with van der Waals surface area (Å²) in [4.78, 5) is 17.7. The molecule has 1 aromatic heterocycles. The highest BCUT2D eigenvalue weighted by Crippen LogP contribution is 2.21. The van der Waals surface area contributed by atoms with Gasteiger partial charge in [-0.2, -0.15) is 9.78 Å². The van der Waals surface area contributed by atoms with Gasteiger partial charge < -0.3 is 4.74 Å². The molecule has 6 heteroatoms. The summed E-state index contributed by atoms with van der Waals surface area (Å²) >= 11 is 3.42. The van der Waals surface area contributed by atoms with Crippen molar-refractivity contribution < 1.29 is 4.74 Å². The van der Waals surface area contributed by atoms with Crippen molar-refractivity contribution in [2.24, 2.45) is 5.10 Å². The first-order valence-corrected chi connectivity index (χ1v) is 9.23. The van der Waals surface area contributed by atoms with Crippen LogP contribution in [-0.2, 0) is 0 Å². The van der Waals surface area contributed by atoms with Crippen molar-refractivity contribution >= 4 is 33.0 Å². The Labute approximate surface area is 160 Å².